The van der Waals surface area contributed by atoms with E-state index in [4.69, 9.17) is 9.47 Å². The van der Waals surface area contributed by atoms with Gasteiger partial charge < -0.3 is 14.8 Å². The molecule has 31 heavy (non-hydrogen) atoms. The normalized spacial score (nSPS) is 11.1. The minimum Gasteiger partial charge on any atom is -0.496 e. The Morgan fingerprint density at radius 2 is 1.68 bits per heavy atom. The van der Waals surface area contributed by atoms with Gasteiger partial charge in [-0.1, -0.05) is 48.5 Å². The molecule has 2 N–H and O–H groups in total. The molecule has 0 aliphatic rings. The van der Waals surface area contributed by atoms with Crippen LogP contribution in [0.15, 0.2) is 71.8 Å². The molecule has 7 nitrogen and oxygen atoms in total. The van der Waals surface area contributed by atoms with Gasteiger partial charge in [-0.15, -0.1) is 0 Å². The highest BCUT2D eigenvalue weighted by molar-refractivity contribution is 6.00. The molecule has 3 rings (SSSR count). The van der Waals surface area contributed by atoms with Gasteiger partial charge in [-0.25, -0.2) is 5.43 Å². The van der Waals surface area contributed by atoms with Gasteiger partial charge in [-0.2, -0.15) is 5.10 Å². The monoisotopic (exact) mass is 419 g/mol. The number of rotatable bonds is 9. The fraction of sp³-hybridized carbons (Fsp3) is 0.208. The van der Waals surface area contributed by atoms with Crippen molar-refractivity contribution in [2.45, 2.75) is 19.9 Å². The molecule has 0 aliphatic heterocycles. The number of benzene rings is 3. The SMILES string of the molecule is COc1ccccc1CNC(=O)C/C(C)=N/NC(=O)COc1ccc2ccccc2c1. The predicted octanol–water partition coefficient (Wildman–Crippen LogP) is 3.43. The first-order valence-electron chi connectivity index (χ1n) is 9.87. The molecular weight excluding hydrogens is 394 g/mol. The number of methoxy groups -OCH3 is 1. The Labute approximate surface area is 181 Å². The number of para-hydroxylation sites is 1. The molecule has 3 aromatic carbocycles. The van der Waals surface area contributed by atoms with Crippen LogP contribution in [0.4, 0.5) is 0 Å². The van der Waals surface area contributed by atoms with Gasteiger partial charge in [-0.3, -0.25) is 9.59 Å². The van der Waals surface area contributed by atoms with Gasteiger partial charge in [0.1, 0.15) is 11.5 Å². The van der Waals surface area contributed by atoms with Gasteiger partial charge in [0.05, 0.1) is 13.5 Å². The van der Waals surface area contributed by atoms with Gasteiger partial charge in [0.25, 0.3) is 5.91 Å². The van der Waals surface area contributed by atoms with E-state index in [0.29, 0.717) is 23.8 Å². The fourth-order valence-electron chi connectivity index (χ4n) is 2.97. The van der Waals surface area contributed by atoms with E-state index >= 15 is 0 Å². The number of nitrogens with zero attached hydrogens (tertiary/aromatic N) is 1. The molecule has 0 saturated carbocycles. The number of carbonyl (C=O) groups is 2. The number of amides is 2. The van der Waals surface area contributed by atoms with Crippen molar-refractivity contribution in [1.82, 2.24) is 10.7 Å². The molecule has 0 fully saturated rings. The number of hydrazone groups is 1. The summed E-state index contributed by atoms with van der Waals surface area (Å²) in [5.41, 5.74) is 3.78. The first kappa shape index (κ1) is 21.8. The Morgan fingerprint density at radius 1 is 0.935 bits per heavy atom. The van der Waals surface area contributed by atoms with Crippen LogP contribution < -0.4 is 20.2 Å². The van der Waals surface area contributed by atoms with Crippen LogP contribution in [0.2, 0.25) is 0 Å². The Balaban J connectivity index is 1.42. The van der Waals surface area contributed by atoms with Crippen molar-refractivity contribution in [2.24, 2.45) is 5.10 Å². The Hall–Kier alpha value is -3.87. The molecule has 160 valence electrons. The second kappa shape index (κ2) is 10.8. The van der Waals surface area contributed by atoms with Crippen LogP contribution in [-0.4, -0.2) is 31.2 Å². The maximum Gasteiger partial charge on any atom is 0.277 e. The van der Waals surface area contributed by atoms with Crippen molar-refractivity contribution in [2.75, 3.05) is 13.7 Å². The number of hydrogen-bond acceptors (Lipinski definition) is 5. The molecule has 0 aromatic heterocycles. The highest BCUT2D eigenvalue weighted by atomic mass is 16.5. The summed E-state index contributed by atoms with van der Waals surface area (Å²) in [7, 11) is 1.59. The Morgan fingerprint density at radius 3 is 2.48 bits per heavy atom. The third-order valence-electron chi connectivity index (χ3n) is 4.55. The van der Waals surface area contributed by atoms with Crippen molar-refractivity contribution in [3.05, 3.63) is 72.3 Å². The summed E-state index contributed by atoms with van der Waals surface area (Å²) in [6, 6.07) is 21.0. The first-order chi connectivity index (χ1) is 15.0. The summed E-state index contributed by atoms with van der Waals surface area (Å²) in [5.74, 6) is 0.716. The molecule has 2 amide bonds. The van der Waals surface area contributed by atoms with Gasteiger partial charge in [-0.05, 0) is 35.9 Å². The first-order valence-corrected chi connectivity index (χ1v) is 9.87. The lowest BCUT2D eigenvalue weighted by molar-refractivity contribution is -0.123. The summed E-state index contributed by atoms with van der Waals surface area (Å²) < 4.78 is 10.8. The van der Waals surface area contributed by atoms with Crippen molar-refractivity contribution >= 4 is 28.3 Å². The third kappa shape index (κ3) is 6.57. The largest absolute Gasteiger partial charge is 0.496 e. The molecule has 7 heteroatoms. The molecule has 0 bridgehead atoms. The molecule has 0 atom stereocenters. The van der Waals surface area contributed by atoms with Gasteiger partial charge in [0, 0.05) is 17.8 Å². The molecule has 0 spiro atoms. The van der Waals surface area contributed by atoms with Crippen LogP contribution >= 0.6 is 0 Å². The van der Waals surface area contributed by atoms with E-state index < -0.39 is 5.91 Å². The van der Waals surface area contributed by atoms with Crippen LogP contribution in [0.1, 0.15) is 18.9 Å². The molecule has 0 unspecified atom stereocenters. The van der Waals surface area contributed by atoms with Crippen LogP contribution in [0.5, 0.6) is 11.5 Å². The fourth-order valence-corrected chi connectivity index (χ4v) is 2.97. The standard InChI is InChI=1S/C24H25N3O4/c1-17(13-23(28)25-15-20-9-5-6-10-22(20)30-2)26-27-24(29)16-31-21-12-11-18-7-3-4-8-19(18)14-21/h3-12,14H,13,15-16H2,1-2H3,(H,25,28)(H,27,29)/b26-17+. The highest BCUT2D eigenvalue weighted by Crippen LogP contribution is 2.20. The van der Waals surface area contributed by atoms with Crippen LogP contribution in [0.3, 0.4) is 0 Å². The number of ether oxygens (including phenoxy) is 2. The highest BCUT2D eigenvalue weighted by Gasteiger charge is 2.08. The van der Waals surface area contributed by atoms with Crippen LogP contribution in [-0.2, 0) is 16.1 Å². The van der Waals surface area contributed by atoms with E-state index in [0.717, 1.165) is 16.3 Å². The summed E-state index contributed by atoms with van der Waals surface area (Å²) in [6.07, 6.45) is 0.0704. The number of nitrogens with one attached hydrogen (secondary N) is 2. The van der Waals surface area contributed by atoms with E-state index in [2.05, 4.69) is 15.8 Å². The third-order valence-corrected chi connectivity index (χ3v) is 4.55. The smallest absolute Gasteiger partial charge is 0.277 e. The van der Waals surface area contributed by atoms with E-state index in [1.807, 2.05) is 66.7 Å². The minimum absolute atomic E-state index is 0.0704. The summed E-state index contributed by atoms with van der Waals surface area (Å²) in [5, 5.41) is 8.92. The van der Waals surface area contributed by atoms with E-state index in [1.54, 1.807) is 14.0 Å². The summed E-state index contributed by atoms with van der Waals surface area (Å²) in [6.45, 7) is 1.85. The average Bonchev–Trinajstić information content (AvgIpc) is 2.80. The maximum atomic E-state index is 12.1. The van der Waals surface area contributed by atoms with Crippen LogP contribution in [0.25, 0.3) is 10.8 Å². The quantitative estimate of drug-likeness (QED) is 0.411. The summed E-state index contributed by atoms with van der Waals surface area (Å²) >= 11 is 0. The topological polar surface area (TPSA) is 89.0 Å². The van der Waals surface area contributed by atoms with Gasteiger partial charge in [0.15, 0.2) is 6.61 Å². The lowest BCUT2D eigenvalue weighted by Crippen LogP contribution is -2.28. The molecule has 0 aliphatic carbocycles. The van der Waals surface area contributed by atoms with Crippen LogP contribution in [0, 0.1) is 0 Å². The Kier molecular flexibility index (Phi) is 7.59. The van der Waals surface area contributed by atoms with Gasteiger partial charge >= 0.3 is 0 Å². The van der Waals surface area contributed by atoms with Crippen molar-refractivity contribution < 1.29 is 19.1 Å². The van der Waals surface area contributed by atoms with Crippen molar-refractivity contribution in [3.63, 3.8) is 0 Å². The van der Waals surface area contributed by atoms with Crippen molar-refractivity contribution in [3.8, 4) is 11.5 Å². The zero-order chi connectivity index (χ0) is 22.1. The van der Waals surface area contributed by atoms with E-state index in [9.17, 15) is 9.59 Å². The molecule has 3 aromatic rings. The second-order valence-corrected chi connectivity index (χ2v) is 6.95. The Bertz CT molecular complexity index is 1090. The number of fused-ring (bicyclic) bond motifs is 1. The molecule has 0 heterocycles. The number of carbonyl (C=O) groups excluding carboxylic acids is 2. The van der Waals surface area contributed by atoms with E-state index in [1.165, 1.54) is 0 Å². The predicted molar refractivity (Wildman–Crippen MR) is 120 cm³/mol. The second-order valence-electron chi connectivity index (χ2n) is 6.95. The lowest BCUT2D eigenvalue weighted by Gasteiger charge is -2.09. The molecular formula is C24H25N3O4. The number of hydrogen-bond donors (Lipinski definition) is 2. The van der Waals surface area contributed by atoms with E-state index in [-0.39, 0.29) is 18.9 Å². The maximum absolute atomic E-state index is 12.1. The zero-order valence-electron chi connectivity index (χ0n) is 17.6. The average molecular weight is 419 g/mol. The summed E-state index contributed by atoms with van der Waals surface area (Å²) in [4.78, 5) is 24.1. The molecule has 0 radical (unpaired) electrons. The van der Waals surface area contributed by atoms with Crippen molar-refractivity contribution in [1.29, 1.82) is 0 Å². The zero-order valence-corrected chi connectivity index (χ0v) is 17.6. The van der Waals surface area contributed by atoms with Gasteiger partial charge in [0.2, 0.25) is 5.91 Å². The minimum atomic E-state index is -0.401. The lowest BCUT2D eigenvalue weighted by atomic mass is 10.1. The molecule has 0 saturated heterocycles.